The zero-order chi connectivity index (χ0) is 20.5. The number of H-pyrrole nitrogens is 1. The third-order valence-electron chi connectivity index (χ3n) is 4.31. The summed E-state index contributed by atoms with van der Waals surface area (Å²) >= 11 is 0. The monoisotopic (exact) mass is 395 g/mol. The molecule has 0 aliphatic rings. The topological polar surface area (TPSA) is 136 Å². The Hall–Kier alpha value is -3.95. The van der Waals surface area contributed by atoms with Crippen LogP contribution in [0.4, 0.5) is 0 Å². The molecule has 0 saturated carbocycles. The molecule has 29 heavy (non-hydrogen) atoms. The molecular formula is C19H17N5O5. The normalized spacial score (nSPS) is 11.3. The number of rotatable bonds is 5. The van der Waals surface area contributed by atoms with E-state index in [1.807, 2.05) is 13.8 Å². The molecule has 0 atom stereocenters. The van der Waals surface area contributed by atoms with Crippen molar-refractivity contribution in [3.05, 3.63) is 69.0 Å². The lowest BCUT2D eigenvalue weighted by Crippen LogP contribution is -2.37. The van der Waals surface area contributed by atoms with Crippen molar-refractivity contribution in [1.82, 2.24) is 25.0 Å². The number of benzene rings is 1. The van der Waals surface area contributed by atoms with E-state index in [9.17, 15) is 14.4 Å². The summed E-state index contributed by atoms with van der Waals surface area (Å²) in [6.07, 6.45) is 1.41. The van der Waals surface area contributed by atoms with E-state index < -0.39 is 17.0 Å². The molecular weight excluding hydrogens is 378 g/mol. The van der Waals surface area contributed by atoms with Gasteiger partial charge in [-0.1, -0.05) is 5.16 Å². The van der Waals surface area contributed by atoms with Gasteiger partial charge in [-0.05, 0) is 44.2 Å². The molecule has 0 saturated heterocycles. The Labute approximate surface area is 163 Å². The molecule has 0 aliphatic heterocycles. The number of amides is 1. The van der Waals surface area contributed by atoms with Gasteiger partial charge in [0.25, 0.3) is 5.91 Å². The van der Waals surface area contributed by atoms with Gasteiger partial charge in [0.05, 0.1) is 23.8 Å². The Morgan fingerprint density at radius 3 is 2.83 bits per heavy atom. The fraction of sp³-hybridized carbons (Fsp3) is 0.211. The number of aromatic amines is 1. The van der Waals surface area contributed by atoms with Gasteiger partial charge in [-0.25, -0.2) is 0 Å². The third kappa shape index (κ3) is 3.47. The summed E-state index contributed by atoms with van der Waals surface area (Å²) in [5.41, 5.74) is 0.378. The molecule has 0 fully saturated rings. The molecule has 10 nitrogen and oxygen atoms in total. The van der Waals surface area contributed by atoms with Crippen molar-refractivity contribution in [2.45, 2.75) is 26.4 Å². The number of aromatic nitrogens is 4. The molecule has 0 spiro atoms. The van der Waals surface area contributed by atoms with Crippen LogP contribution in [0.5, 0.6) is 0 Å². The Morgan fingerprint density at radius 1 is 1.28 bits per heavy atom. The van der Waals surface area contributed by atoms with Crippen molar-refractivity contribution >= 4 is 16.9 Å². The van der Waals surface area contributed by atoms with E-state index >= 15 is 0 Å². The van der Waals surface area contributed by atoms with Gasteiger partial charge in [-0.3, -0.25) is 19.0 Å². The van der Waals surface area contributed by atoms with Crippen molar-refractivity contribution in [3.63, 3.8) is 0 Å². The minimum absolute atomic E-state index is 0.0316. The van der Waals surface area contributed by atoms with E-state index in [1.54, 1.807) is 30.3 Å². The Morgan fingerprint density at radius 2 is 2.10 bits per heavy atom. The molecule has 0 radical (unpaired) electrons. The van der Waals surface area contributed by atoms with Crippen LogP contribution in [0.25, 0.3) is 22.4 Å². The lowest BCUT2D eigenvalue weighted by atomic mass is 10.1. The van der Waals surface area contributed by atoms with Crippen molar-refractivity contribution < 1.29 is 13.7 Å². The van der Waals surface area contributed by atoms with Crippen LogP contribution in [-0.4, -0.2) is 25.6 Å². The third-order valence-corrected chi connectivity index (χ3v) is 4.31. The first kappa shape index (κ1) is 18.4. The van der Waals surface area contributed by atoms with Crippen LogP contribution < -0.4 is 16.4 Å². The second-order valence-corrected chi connectivity index (χ2v) is 6.63. The molecule has 2 N–H and O–H groups in total. The number of carbonyl (C=O) groups excluding carboxylic acids is 1. The largest absolute Gasteiger partial charge is 0.459 e. The SMILES string of the molecule is CC(C)n1c(=O)c(=O)[nH]c2cc(-c3noc(CNC(=O)c4ccco4)n3)ccc21. The molecule has 0 aliphatic carbocycles. The van der Waals surface area contributed by atoms with Gasteiger partial charge in [0.1, 0.15) is 0 Å². The van der Waals surface area contributed by atoms with Crippen molar-refractivity contribution in [2.75, 3.05) is 0 Å². The minimum Gasteiger partial charge on any atom is -0.459 e. The van der Waals surface area contributed by atoms with Gasteiger partial charge >= 0.3 is 11.1 Å². The smallest absolute Gasteiger partial charge is 0.316 e. The summed E-state index contributed by atoms with van der Waals surface area (Å²) in [5.74, 6) is 0.280. The quantitative estimate of drug-likeness (QED) is 0.492. The van der Waals surface area contributed by atoms with Gasteiger partial charge in [0, 0.05) is 11.6 Å². The summed E-state index contributed by atoms with van der Waals surface area (Å²) in [7, 11) is 0. The van der Waals surface area contributed by atoms with E-state index in [0.717, 1.165) is 0 Å². The number of fused-ring (bicyclic) bond motifs is 1. The van der Waals surface area contributed by atoms with Crippen molar-refractivity contribution in [2.24, 2.45) is 0 Å². The van der Waals surface area contributed by atoms with Crippen LogP contribution in [0.1, 0.15) is 36.3 Å². The van der Waals surface area contributed by atoms with Crippen LogP contribution in [0.15, 0.2) is 55.1 Å². The molecule has 3 aromatic heterocycles. The van der Waals surface area contributed by atoms with Crippen LogP contribution in [0.3, 0.4) is 0 Å². The minimum atomic E-state index is -0.696. The van der Waals surface area contributed by atoms with Gasteiger partial charge < -0.3 is 19.2 Å². The molecule has 0 bridgehead atoms. The summed E-state index contributed by atoms with van der Waals surface area (Å²) in [6.45, 7) is 3.69. The highest BCUT2D eigenvalue weighted by molar-refractivity contribution is 5.91. The molecule has 148 valence electrons. The summed E-state index contributed by atoms with van der Waals surface area (Å²) in [5, 5.41) is 6.52. The molecule has 10 heteroatoms. The fourth-order valence-corrected chi connectivity index (χ4v) is 2.99. The summed E-state index contributed by atoms with van der Waals surface area (Å²) in [6, 6.07) is 8.10. The highest BCUT2D eigenvalue weighted by Crippen LogP contribution is 2.21. The predicted octanol–water partition coefficient (Wildman–Crippen LogP) is 1.84. The molecule has 4 rings (SSSR count). The number of carbonyl (C=O) groups is 1. The fourth-order valence-electron chi connectivity index (χ4n) is 2.99. The first-order valence-corrected chi connectivity index (χ1v) is 8.87. The lowest BCUT2D eigenvalue weighted by Gasteiger charge is -2.13. The molecule has 3 heterocycles. The van der Waals surface area contributed by atoms with E-state index in [0.29, 0.717) is 16.6 Å². The van der Waals surface area contributed by atoms with Gasteiger partial charge in [0.2, 0.25) is 11.7 Å². The van der Waals surface area contributed by atoms with Crippen molar-refractivity contribution in [3.8, 4) is 11.4 Å². The van der Waals surface area contributed by atoms with Crippen molar-refractivity contribution in [1.29, 1.82) is 0 Å². The maximum absolute atomic E-state index is 12.1. The summed E-state index contributed by atoms with van der Waals surface area (Å²) < 4.78 is 11.6. The second kappa shape index (κ2) is 7.23. The van der Waals surface area contributed by atoms with E-state index in [4.69, 9.17) is 8.94 Å². The van der Waals surface area contributed by atoms with Crippen LogP contribution in [0.2, 0.25) is 0 Å². The maximum atomic E-state index is 12.1. The lowest BCUT2D eigenvalue weighted by molar-refractivity contribution is 0.0918. The summed E-state index contributed by atoms with van der Waals surface area (Å²) in [4.78, 5) is 42.8. The Balaban J connectivity index is 1.61. The van der Waals surface area contributed by atoms with E-state index in [-0.39, 0.29) is 30.1 Å². The molecule has 0 unspecified atom stereocenters. The average molecular weight is 395 g/mol. The average Bonchev–Trinajstić information content (AvgIpc) is 3.38. The van der Waals surface area contributed by atoms with Gasteiger partial charge in [-0.2, -0.15) is 4.98 Å². The van der Waals surface area contributed by atoms with E-state index in [1.165, 1.54) is 10.8 Å². The van der Waals surface area contributed by atoms with Gasteiger partial charge in [-0.15, -0.1) is 0 Å². The number of nitrogens with zero attached hydrogens (tertiary/aromatic N) is 3. The predicted molar refractivity (Wildman–Crippen MR) is 102 cm³/mol. The molecule has 1 aromatic carbocycles. The second-order valence-electron chi connectivity index (χ2n) is 6.63. The zero-order valence-electron chi connectivity index (χ0n) is 15.6. The molecule has 1 amide bonds. The Bertz CT molecular complexity index is 1300. The standard InChI is InChI=1S/C19H17N5O5/c1-10(2)24-13-6-5-11(8-12(13)21-18(26)19(24)27)16-22-15(29-23-16)9-20-17(25)14-4-3-7-28-14/h3-8,10H,9H2,1-2H3,(H,20,25)(H,21,26). The number of nitrogens with one attached hydrogen (secondary N) is 2. The van der Waals surface area contributed by atoms with Gasteiger partial charge in [0.15, 0.2) is 5.76 Å². The maximum Gasteiger partial charge on any atom is 0.316 e. The van der Waals surface area contributed by atoms with E-state index in [2.05, 4.69) is 20.4 Å². The number of hydrogen-bond donors (Lipinski definition) is 2. The highest BCUT2D eigenvalue weighted by atomic mass is 16.5. The number of furan rings is 1. The first-order chi connectivity index (χ1) is 13.9. The Kier molecular flexibility index (Phi) is 4.59. The van der Waals surface area contributed by atoms with Crippen LogP contribution >= 0.6 is 0 Å². The first-order valence-electron chi connectivity index (χ1n) is 8.87. The molecule has 4 aromatic rings. The number of hydrogen-bond acceptors (Lipinski definition) is 7. The zero-order valence-corrected chi connectivity index (χ0v) is 15.6. The van der Waals surface area contributed by atoms with Crippen LogP contribution in [0, 0.1) is 0 Å². The highest BCUT2D eigenvalue weighted by Gasteiger charge is 2.15. The van der Waals surface area contributed by atoms with Crippen LogP contribution in [-0.2, 0) is 6.54 Å².